The maximum absolute atomic E-state index is 12.7. The van der Waals surface area contributed by atoms with Crippen molar-refractivity contribution in [2.75, 3.05) is 13.1 Å². The lowest BCUT2D eigenvalue weighted by Gasteiger charge is -2.18. The van der Waals surface area contributed by atoms with Gasteiger partial charge in [0.1, 0.15) is 0 Å². The normalized spacial score (nSPS) is 16.8. The standard InChI is InChI=1S/C18H27BrN2O3S/c1-3-4-5-8-14(2)20-18(22)16-13-15(9-10-17(16)19)25(23,24)21-11-6-7-12-21/h9-10,13-14H,3-8,11-12H2,1-2H3,(H,20,22). The van der Waals surface area contributed by atoms with Crippen LogP contribution in [0.4, 0.5) is 0 Å². The predicted octanol–water partition coefficient (Wildman–Crippen LogP) is 3.93. The van der Waals surface area contributed by atoms with E-state index < -0.39 is 10.0 Å². The molecule has 1 aromatic rings. The SMILES string of the molecule is CCCCCC(C)NC(=O)c1cc(S(=O)(=O)N2CCCC2)ccc1Br. The number of benzene rings is 1. The maximum atomic E-state index is 12.7. The number of carbonyl (C=O) groups excluding carboxylic acids is 1. The van der Waals surface area contributed by atoms with Crippen LogP contribution >= 0.6 is 15.9 Å². The first-order chi connectivity index (χ1) is 11.9. The Balaban J connectivity index is 2.14. The van der Waals surface area contributed by atoms with Crippen molar-refractivity contribution >= 4 is 31.9 Å². The average molecular weight is 431 g/mol. The van der Waals surface area contributed by atoms with Crippen LogP contribution in [0, 0.1) is 0 Å². The van der Waals surface area contributed by atoms with Crippen LogP contribution in [0.1, 0.15) is 62.7 Å². The van der Waals surface area contributed by atoms with E-state index in [0.29, 0.717) is 23.1 Å². The van der Waals surface area contributed by atoms with Crippen molar-refractivity contribution in [2.45, 2.75) is 63.3 Å². The van der Waals surface area contributed by atoms with Crippen molar-refractivity contribution in [1.82, 2.24) is 9.62 Å². The number of carbonyl (C=O) groups is 1. The summed E-state index contributed by atoms with van der Waals surface area (Å²) in [5, 5.41) is 2.97. The number of hydrogen-bond acceptors (Lipinski definition) is 3. The van der Waals surface area contributed by atoms with Crippen molar-refractivity contribution in [3.63, 3.8) is 0 Å². The molecule has 7 heteroatoms. The van der Waals surface area contributed by atoms with Crippen molar-refractivity contribution in [1.29, 1.82) is 0 Å². The molecule has 1 aliphatic heterocycles. The number of hydrogen-bond donors (Lipinski definition) is 1. The van der Waals surface area contributed by atoms with Crippen LogP contribution in [0.25, 0.3) is 0 Å². The zero-order chi connectivity index (χ0) is 18.4. The number of amides is 1. The molecule has 1 amide bonds. The first-order valence-corrected chi connectivity index (χ1v) is 11.2. The number of nitrogens with one attached hydrogen (secondary N) is 1. The molecule has 1 fully saturated rings. The van der Waals surface area contributed by atoms with Crippen LogP contribution in [-0.4, -0.2) is 37.8 Å². The van der Waals surface area contributed by atoms with Gasteiger partial charge in [-0.2, -0.15) is 4.31 Å². The van der Waals surface area contributed by atoms with E-state index in [0.717, 1.165) is 38.5 Å². The Morgan fingerprint density at radius 1 is 1.28 bits per heavy atom. The molecule has 1 aliphatic rings. The van der Waals surface area contributed by atoms with Gasteiger partial charge >= 0.3 is 0 Å². The number of rotatable bonds is 8. The molecule has 0 bridgehead atoms. The molecular formula is C18H27BrN2O3S. The first-order valence-electron chi connectivity index (χ1n) is 8.97. The van der Waals surface area contributed by atoms with Crippen molar-refractivity contribution in [2.24, 2.45) is 0 Å². The molecule has 140 valence electrons. The van der Waals surface area contributed by atoms with Gasteiger partial charge in [-0.3, -0.25) is 4.79 Å². The van der Waals surface area contributed by atoms with E-state index in [1.807, 2.05) is 6.92 Å². The summed E-state index contributed by atoms with van der Waals surface area (Å²) in [6.45, 7) is 5.22. The molecule has 1 unspecified atom stereocenters. The predicted molar refractivity (Wildman–Crippen MR) is 103 cm³/mol. The van der Waals surface area contributed by atoms with E-state index in [1.165, 1.54) is 10.4 Å². The zero-order valence-corrected chi connectivity index (χ0v) is 17.3. The van der Waals surface area contributed by atoms with Gasteiger partial charge in [0, 0.05) is 23.6 Å². The van der Waals surface area contributed by atoms with Crippen LogP contribution in [0.2, 0.25) is 0 Å². The fraction of sp³-hybridized carbons (Fsp3) is 0.611. The molecule has 5 nitrogen and oxygen atoms in total. The Hall–Kier alpha value is -0.920. The third kappa shape index (κ3) is 5.28. The molecule has 0 aliphatic carbocycles. The summed E-state index contributed by atoms with van der Waals surface area (Å²) in [5.41, 5.74) is 0.364. The molecule has 0 radical (unpaired) electrons. The third-order valence-corrected chi connectivity index (χ3v) is 7.09. The van der Waals surface area contributed by atoms with Crippen LogP contribution in [-0.2, 0) is 10.0 Å². The quantitative estimate of drug-likeness (QED) is 0.635. The highest BCUT2D eigenvalue weighted by Gasteiger charge is 2.28. The molecule has 0 spiro atoms. The first kappa shape index (κ1) is 20.4. The van der Waals surface area contributed by atoms with Gasteiger partial charge < -0.3 is 5.32 Å². The molecule has 1 heterocycles. The monoisotopic (exact) mass is 430 g/mol. The highest BCUT2D eigenvalue weighted by Crippen LogP contribution is 2.25. The lowest BCUT2D eigenvalue weighted by molar-refractivity contribution is 0.0937. The molecule has 1 atom stereocenters. The van der Waals surface area contributed by atoms with Gasteiger partial charge in [0.05, 0.1) is 10.5 Å². The Morgan fingerprint density at radius 2 is 1.96 bits per heavy atom. The summed E-state index contributed by atoms with van der Waals surface area (Å²) in [6.07, 6.45) is 6.05. The van der Waals surface area contributed by atoms with Crippen LogP contribution < -0.4 is 5.32 Å². The number of nitrogens with zero attached hydrogens (tertiary/aromatic N) is 1. The van der Waals surface area contributed by atoms with E-state index in [4.69, 9.17) is 0 Å². The highest BCUT2D eigenvalue weighted by molar-refractivity contribution is 9.10. The molecule has 0 aromatic heterocycles. The van der Waals surface area contributed by atoms with Crippen LogP contribution in [0.15, 0.2) is 27.6 Å². The second-order valence-electron chi connectivity index (χ2n) is 6.62. The second-order valence-corrected chi connectivity index (χ2v) is 9.42. The number of halogens is 1. The van der Waals surface area contributed by atoms with Gasteiger partial charge in [0.2, 0.25) is 10.0 Å². The van der Waals surface area contributed by atoms with Crippen LogP contribution in [0.5, 0.6) is 0 Å². The molecule has 0 saturated carbocycles. The Kier molecular flexibility index (Phi) is 7.46. The fourth-order valence-corrected chi connectivity index (χ4v) is 4.96. The van der Waals surface area contributed by atoms with E-state index >= 15 is 0 Å². The minimum Gasteiger partial charge on any atom is -0.350 e. The summed E-state index contributed by atoms with van der Waals surface area (Å²) in [7, 11) is -3.53. The van der Waals surface area contributed by atoms with E-state index in [2.05, 4.69) is 28.2 Å². The summed E-state index contributed by atoms with van der Waals surface area (Å²) in [4.78, 5) is 12.7. The van der Waals surface area contributed by atoms with Gasteiger partial charge in [0.15, 0.2) is 0 Å². The molecule has 2 rings (SSSR count). The maximum Gasteiger partial charge on any atom is 0.252 e. The van der Waals surface area contributed by atoms with Gasteiger partial charge in [-0.05, 0) is 60.3 Å². The summed E-state index contributed by atoms with van der Waals surface area (Å²) in [5.74, 6) is -0.241. The van der Waals surface area contributed by atoms with Gasteiger partial charge in [-0.25, -0.2) is 8.42 Å². The number of unbranched alkanes of at least 4 members (excludes halogenated alkanes) is 2. The minimum absolute atomic E-state index is 0.0600. The zero-order valence-electron chi connectivity index (χ0n) is 14.9. The molecule has 1 N–H and O–H groups in total. The summed E-state index contributed by atoms with van der Waals surface area (Å²) in [6, 6.07) is 4.73. The van der Waals surface area contributed by atoms with E-state index in [-0.39, 0.29) is 16.8 Å². The van der Waals surface area contributed by atoms with Crippen molar-refractivity contribution in [3.05, 3.63) is 28.2 Å². The molecule has 1 aromatic carbocycles. The Labute approximate surface area is 159 Å². The number of sulfonamides is 1. The lowest BCUT2D eigenvalue weighted by Crippen LogP contribution is -2.33. The fourth-order valence-electron chi connectivity index (χ4n) is 2.99. The molecule has 1 saturated heterocycles. The van der Waals surface area contributed by atoms with Crippen LogP contribution in [0.3, 0.4) is 0 Å². The minimum atomic E-state index is -3.53. The smallest absolute Gasteiger partial charge is 0.252 e. The summed E-state index contributed by atoms with van der Waals surface area (Å²) < 4.78 is 27.5. The molecule has 25 heavy (non-hydrogen) atoms. The third-order valence-electron chi connectivity index (χ3n) is 4.50. The van der Waals surface area contributed by atoms with E-state index in [9.17, 15) is 13.2 Å². The highest BCUT2D eigenvalue weighted by atomic mass is 79.9. The lowest BCUT2D eigenvalue weighted by atomic mass is 10.1. The largest absolute Gasteiger partial charge is 0.350 e. The van der Waals surface area contributed by atoms with Crippen molar-refractivity contribution < 1.29 is 13.2 Å². The van der Waals surface area contributed by atoms with Crippen molar-refractivity contribution in [3.8, 4) is 0 Å². The van der Waals surface area contributed by atoms with Gasteiger partial charge in [0.25, 0.3) is 5.91 Å². The Morgan fingerprint density at radius 3 is 2.60 bits per heavy atom. The Bertz CT molecular complexity index is 700. The van der Waals surface area contributed by atoms with E-state index in [1.54, 1.807) is 12.1 Å². The topological polar surface area (TPSA) is 66.5 Å². The van der Waals surface area contributed by atoms with Gasteiger partial charge in [-0.1, -0.05) is 26.2 Å². The average Bonchev–Trinajstić information content (AvgIpc) is 3.10. The summed E-state index contributed by atoms with van der Waals surface area (Å²) >= 11 is 3.37. The van der Waals surface area contributed by atoms with Gasteiger partial charge in [-0.15, -0.1) is 0 Å². The second kappa shape index (κ2) is 9.14. The molecular weight excluding hydrogens is 404 g/mol.